The van der Waals surface area contributed by atoms with Crippen molar-refractivity contribution in [3.63, 3.8) is 0 Å². The van der Waals surface area contributed by atoms with Crippen LogP contribution >= 0.6 is 0 Å². The zero-order valence-electron chi connectivity index (χ0n) is 12.0. The quantitative estimate of drug-likeness (QED) is 0.872. The van der Waals surface area contributed by atoms with Gasteiger partial charge in [-0.25, -0.2) is 0 Å². The first-order chi connectivity index (χ1) is 10.1. The first-order valence-electron chi connectivity index (χ1n) is 7.58. The molecule has 0 spiro atoms. The van der Waals surface area contributed by atoms with Gasteiger partial charge in [0.1, 0.15) is 0 Å². The van der Waals surface area contributed by atoms with E-state index in [-0.39, 0.29) is 11.9 Å². The monoisotopic (exact) mass is 287 g/mol. The number of primary amides is 1. The highest BCUT2D eigenvalue weighted by atomic mass is 16.2. The largest absolute Gasteiger partial charge is 0.366 e. The molecule has 1 saturated carbocycles. The first-order valence-corrected chi connectivity index (χ1v) is 7.58. The fraction of sp³-hybridized carbons (Fsp3) is 0.500. The lowest BCUT2D eigenvalue weighted by Crippen LogP contribution is -2.45. The van der Waals surface area contributed by atoms with Crippen molar-refractivity contribution in [3.8, 4) is 0 Å². The summed E-state index contributed by atoms with van der Waals surface area (Å²) in [6, 6.07) is 7.59. The molecule has 1 aromatic rings. The van der Waals surface area contributed by atoms with E-state index in [4.69, 9.17) is 5.73 Å². The number of carbonyl (C=O) groups is 2. The highest BCUT2D eigenvalue weighted by molar-refractivity contribution is 5.99. The van der Waals surface area contributed by atoms with Crippen molar-refractivity contribution >= 4 is 11.8 Å². The number of nitrogens with one attached hydrogen (secondary N) is 1. The summed E-state index contributed by atoms with van der Waals surface area (Å²) in [6.07, 6.45) is 4.66. The van der Waals surface area contributed by atoms with Gasteiger partial charge in [0, 0.05) is 36.3 Å². The first kappa shape index (κ1) is 14.1. The van der Waals surface area contributed by atoms with Crippen molar-refractivity contribution in [1.29, 1.82) is 0 Å². The zero-order valence-corrected chi connectivity index (χ0v) is 12.0. The molecule has 1 saturated heterocycles. The van der Waals surface area contributed by atoms with Crippen LogP contribution in [0.15, 0.2) is 24.3 Å². The Hall–Kier alpha value is -1.88. The summed E-state index contributed by atoms with van der Waals surface area (Å²) in [5.41, 5.74) is 6.10. The van der Waals surface area contributed by atoms with Gasteiger partial charge in [-0.05, 0) is 43.9 Å². The van der Waals surface area contributed by atoms with E-state index in [9.17, 15) is 9.59 Å². The lowest BCUT2D eigenvalue weighted by Gasteiger charge is -2.32. The second-order valence-electron chi connectivity index (χ2n) is 5.96. The maximum atomic E-state index is 12.2. The van der Waals surface area contributed by atoms with Gasteiger partial charge in [-0.2, -0.15) is 0 Å². The van der Waals surface area contributed by atoms with Crippen molar-refractivity contribution in [1.82, 2.24) is 10.2 Å². The van der Waals surface area contributed by atoms with Crippen LogP contribution in [-0.4, -0.2) is 41.9 Å². The number of carbonyl (C=O) groups excluding carboxylic acids is 2. The van der Waals surface area contributed by atoms with Crippen LogP contribution in [0.5, 0.6) is 0 Å². The predicted octanol–water partition coefficient (Wildman–Crippen LogP) is 1.14. The molecule has 112 valence electrons. The molecule has 0 atom stereocenters. The molecule has 1 aromatic carbocycles. The number of hydrogen-bond acceptors (Lipinski definition) is 3. The summed E-state index contributed by atoms with van der Waals surface area (Å²) in [6.45, 7) is 2.13. The van der Waals surface area contributed by atoms with E-state index in [1.807, 2.05) is 0 Å². The fourth-order valence-electron chi connectivity index (χ4n) is 2.93. The molecule has 5 nitrogen and oxygen atoms in total. The normalized spacial score (nSPS) is 20.2. The molecule has 2 amide bonds. The molecule has 3 N–H and O–H groups in total. The molecular formula is C16H21N3O2. The summed E-state index contributed by atoms with van der Waals surface area (Å²) < 4.78 is 0. The molecule has 3 rings (SSSR count). The van der Waals surface area contributed by atoms with Gasteiger partial charge < -0.3 is 16.0 Å². The maximum Gasteiger partial charge on any atom is 0.251 e. The minimum Gasteiger partial charge on any atom is -0.366 e. The number of nitrogens with zero attached hydrogens (tertiary/aromatic N) is 1. The number of nitrogens with two attached hydrogens (primary N) is 1. The zero-order chi connectivity index (χ0) is 14.8. The van der Waals surface area contributed by atoms with Gasteiger partial charge in [0.2, 0.25) is 5.91 Å². The number of piperidine rings is 1. The van der Waals surface area contributed by atoms with E-state index < -0.39 is 5.91 Å². The van der Waals surface area contributed by atoms with Gasteiger partial charge in [-0.15, -0.1) is 0 Å². The lowest BCUT2D eigenvalue weighted by molar-refractivity contribution is 0.0909. The molecule has 0 radical (unpaired) electrons. The molecule has 1 heterocycles. The smallest absolute Gasteiger partial charge is 0.251 e. The van der Waals surface area contributed by atoms with Crippen molar-refractivity contribution in [2.75, 3.05) is 13.1 Å². The van der Waals surface area contributed by atoms with Gasteiger partial charge in [0.05, 0.1) is 0 Å². The van der Waals surface area contributed by atoms with Crippen molar-refractivity contribution in [3.05, 3.63) is 35.4 Å². The van der Waals surface area contributed by atoms with Crippen LogP contribution in [0.4, 0.5) is 0 Å². The van der Waals surface area contributed by atoms with Gasteiger partial charge in [0.15, 0.2) is 0 Å². The Bertz CT molecular complexity index is 546. The molecule has 0 aromatic heterocycles. The second-order valence-corrected chi connectivity index (χ2v) is 5.96. The van der Waals surface area contributed by atoms with Crippen LogP contribution in [0, 0.1) is 0 Å². The van der Waals surface area contributed by atoms with Crippen LogP contribution in [-0.2, 0) is 0 Å². The Morgan fingerprint density at radius 3 is 2.38 bits per heavy atom. The highest BCUT2D eigenvalue weighted by Gasteiger charge is 2.32. The van der Waals surface area contributed by atoms with Crippen LogP contribution in [0.25, 0.3) is 0 Å². The second kappa shape index (κ2) is 5.85. The average Bonchev–Trinajstić information content (AvgIpc) is 3.33. The maximum absolute atomic E-state index is 12.2. The van der Waals surface area contributed by atoms with Crippen molar-refractivity contribution in [2.24, 2.45) is 5.73 Å². The van der Waals surface area contributed by atoms with Gasteiger partial charge in [-0.3, -0.25) is 9.59 Å². The standard InChI is InChI=1S/C16H21N3O2/c17-15(20)11-2-1-3-12(10-11)16(21)18-13-6-8-19(9-7-13)14-4-5-14/h1-3,10,13-14H,4-9H2,(H2,17,20)(H,18,21). The van der Waals surface area contributed by atoms with E-state index in [0.717, 1.165) is 32.0 Å². The SMILES string of the molecule is NC(=O)c1cccc(C(=O)NC2CCN(C3CC3)CC2)c1. The summed E-state index contributed by atoms with van der Waals surface area (Å²) in [7, 11) is 0. The van der Waals surface area contributed by atoms with Crippen molar-refractivity contribution in [2.45, 2.75) is 37.8 Å². The van der Waals surface area contributed by atoms with Crippen LogP contribution < -0.4 is 11.1 Å². The van der Waals surface area contributed by atoms with E-state index in [2.05, 4.69) is 10.2 Å². The Kier molecular flexibility index (Phi) is 3.92. The molecular weight excluding hydrogens is 266 g/mol. The molecule has 21 heavy (non-hydrogen) atoms. The van der Waals surface area contributed by atoms with Gasteiger partial charge >= 0.3 is 0 Å². The Morgan fingerprint density at radius 1 is 1.10 bits per heavy atom. The number of amides is 2. The van der Waals surface area contributed by atoms with Crippen LogP contribution in [0.2, 0.25) is 0 Å². The summed E-state index contributed by atoms with van der Waals surface area (Å²) >= 11 is 0. The lowest BCUT2D eigenvalue weighted by atomic mass is 10.0. The van der Waals surface area contributed by atoms with Crippen molar-refractivity contribution < 1.29 is 9.59 Å². The number of likely N-dealkylation sites (tertiary alicyclic amines) is 1. The van der Waals surface area contributed by atoms with Crippen LogP contribution in [0.1, 0.15) is 46.4 Å². The molecule has 2 aliphatic rings. The van der Waals surface area contributed by atoms with E-state index in [1.54, 1.807) is 24.3 Å². The highest BCUT2D eigenvalue weighted by Crippen LogP contribution is 2.29. The van der Waals surface area contributed by atoms with E-state index in [1.165, 1.54) is 12.8 Å². The Labute approximate surface area is 124 Å². The fourth-order valence-corrected chi connectivity index (χ4v) is 2.93. The number of benzene rings is 1. The molecule has 0 bridgehead atoms. The number of rotatable bonds is 4. The third-order valence-corrected chi connectivity index (χ3v) is 4.34. The summed E-state index contributed by atoms with van der Waals surface area (Å²) in [5.74, 6) is -0.634. The molecule has 1 aliphatic carbocycles. The topological polar surface area (TPSA) is 75.4 Å². The molecule has 0 unspecified atom stereocenters. The average molecular weight is 287 g/mol. The Balaban J connectivity index is 1.56. The van der Waals surface area contributed by atoms with Crippen LogP contribution in [0.3, 0.4) is 0 Å². The summed E-state index contributed by atoms with van der Waals surface area (Å²) in [4.78, 5) is 25.9. The third-order valence-electron chi connectivity index (χ3n) is 4.34. The van der Waals surface area contributed by atoms with Gasteiger partial charge in [-0.1, -0.05) is 6.07 Å². The predicted molar refractivity (Wildman–Crippen MR) is 80.0 cm³/mol. The molecule has 1 aliphatic heterocycles. The van der Waals surface area contributed by atoms with Gasteiger partial charge in [0.25, 0.3) is 5.91 Å². The number of hydrogen-bond donors (Lipinski definition) is 2. The third kappa shape index (κ3) is 3.42. The minimum absolute atomic E-state index is 0.122. The summed E-state index contributed by atoms with van der Waals surface area (Å²) in [5, 5.41) is 3.06. The molecule has 2 fully saturated rings. The van der Waals surface area contributed by atoms with E-state index >= 15 is 0 Å². The van der Waals surface area contributed by atoms with E-state index in [0.29, 0.717) is 11.1 Å². The minimum atomic E-state index is -0.512. The Morgan fingerprint density at radius 2 is 1.76 bits per heavy atom. The molecule has 5 heteroatoms.